The van der Waals surface area contributed by atoms with Crippen LogP contribution in [0.1, 0.15) is 19.8 Å². The van der Waals surface area contributed by atoms with Gasteiger partial charge in [0, 0.05) is 39.6 Å². The number of carbonyl (C=O) groups excluding carboxylic acids is 1. The molecule has 2 heterocycles. The third-order valence-electron chi connectivity index (χ3n) is 4.87. The zero-order valence-electron chi connectivity index (χ0n) is 14.6. The van der Waals surface area contributed by atoms with Crippen LogP contribution in [0.5, 0.6) is 5.75 Å². The predicted octanol–water partition coefficient (Wildman–Crippen LogP) is 1.88. The fraction of sp³-hybridized carbons (Fsp3) is 0.556. The number of para-hydroxylation sites is 2. The van der Waals surface area contributed by atoms with Gasteiger partial charge in [0.05, 0.1) is 12.2 Å². The Hall–Kier alpha value is -2.44. The summed E-state index contributed by atoms with van der Waals surface area (Å²) >= 11 is 0. The highest BCUT2D eigenvalue weighted by Crippen LogP contribution is 2.31. The molecule has 2 saturated heterocycles. The Balaban J connectivity index is 1.67. The smallest absolute Gasteiger partial charge is 0.407 e. The molecule has 2 aliphatic heterocycles. The molecule has 1 atom stereocenters. The number of ether oxygens (including phenoxy) is 1. The summed E-state index contributed by atoms with van der Waals surface area (Å²) in [5.74, 6) is 0.896. The van der Waals surface area contributed by atoms with E-state index in [0.717, 1.165) is 30.8 Å². The molecule has 1 unspecified atom stereocenters. The number of carbonyl (C=O) groups is 2. The van der Waals surface area contributed by atoms with Crippen molar-refractivity contribution in [3.05, 3.63) is 24.3 Å². The van der Waals surface area contributed by atoms with Crippen molar-refractivity contribution in [1.29, 1.82) is 0 Å². The molecule has 0 spiro atoms. The summed E-state index contributed by atoms with van der Waals surface area (Å²) in [5.41, 5.74) is 0.993. The minimum atomic E-state index is -0.865. The van der Waals surface area contributed by atoms with Gasteiger partial charge in [0.1, 0.15) is 11.9 Å². The number of piperidine rings is 1. The number of benzene rings is 1. The van der Waals surface area contributed by atoms with Gasteiger partial charge < -0.3 is 24.5 Å². The fourth-order valence-electron chi connectivity index (χ4n) is 3.46. The third-order valence-corrected chi connectivity index (χ3v) is 4.87. The van der Waals surface area contributed by atoms with E-state index in [1.807, 2.05) is 29.2 Å². The summed E-state index contributed by atoms with van der Waals surface area (Å²) in [6.45, 7) is 5.30. The van der Waals surface area contributed by atoms with Crippen LogP contribution in [0.15, 0.2) is 24.3 Å². The van der Waals surface area contributed by atoms with Crippen molar-refractivity contribution >= 4 is 17.7 Å². The number of nitrogens with zero attached hydrogens (tertiary/aromatic N) is 3. The lowest BCUT2D eigenvalue weighted by Crippen LogP contribution is -2.48. The van der Waals surface area contributed by atoms with Crippen LogP contribution in [0.2, 0.25) is 0 Å². The van der Waals surface area contributed by atoms with E-state index in [-0.39, 0.29) is 12.0 Å². The van der Waals surface area contributed by atoms with Crippen LogP contribution in [0.3, 0.4) is 0 Å². The molecule has 1 N–H and O–H groups in total. The van der Waals surface area contributed by atoms with Gasteiger partial charge in [-0.1, -0.05) is 12.1 Å². The van der Waals surface area contributed by atoms with Crippen molar-refractivity contribution in [2.45, 2.75) is 25.9 Å². The Bertz CT molecular complexity index is 629. The first-order chi connectivity index (χ1) is 12.0. The Morgan fingerprint density at radius 1 is 1.08 bits per heavy atom. The van der Waals surface area contributed by atoms with Crippen molar-refractivity contribution in [1.82, 2.24) is 9.80 Å². The van der Waals surface area contributed by atoms with Crippen LogP contribution < -0.4 is 9.64 Å². The van der Waals surface area contributed by atoms with Crippen molar-refractivity contribution in [3.63, 3.8) is 0 Å². The SMILES string of the molecule is CC(=O)N1CCCC(Oc2ccccc2N2CCN(C(=O)O)CC2)C1. The van der Waals surface area contributed by atoms with Crippen LogP contribution in [-0.4, -0.2) is 72.3 Å². The highest BCUT2D eigenvalue weighted by atomic mass is 16.5. The number of piperazine rings is 1. The highest BCUT2D eigenvalue weighted by molar-refractivity contribution is 5.73. The predicted molar refractivity (Wildman–Crippen MR) is 94.2 cm³/mol. The van der Waals surface area contributed by atoms with Gasteiger partial charge in [0.2, 0.25) is 5.91 Å². The van der Waals surface area contributed by atoms with E-state index >= 15 is 0 Å². The molecule has 1 aromatic carbocycles. The van der Waals surface area contributed by atoms with E-state index < -0.39 is 6.09 Å². The first-order valence-electron chi connectivity index (χ1n) is 8.78. The van der Waals surface area contributed by atoms with E-state index in [1.54, 1.807) is 6.92 Å². The molecule has 7 heteroatoms. The molecule has 0 bridgehead atoms. The molecule has 7 nitrogen and oxygen atoms in total. The summed E-state index contributed by atoms with van der Waals surface area (Å²) in [4.78, 5) is 28.1. The largest absolute Gasteiger partial charge is 0.486 e. The maximum atomic E-state index is 11.6. The molecule has 25 heavy (non-hydrogen) atoms. The van der Waals surface area contributed by atoms with Crippen LogP contribution in [0.4, 0.5) is 10.5 Å². The second-order valence-electron chi connectivity index (χ2n) is 6.57. The molecule has 2 amide bonds. The molecule has 0 radical (unpaired) electrons. The lowest BCUT2D eigenvalue weighted by Gasteiger charge is -2.37. The summed E-state index contributed by atoms with van der Waals surface area (Å²) in [6.07, 6.45) is 1.02. The molecular weight excluding hydrogens is 322 g/mol. The number of hydrogen-bond acceptors (Lipinski definition) is 4. The van der Waals surface area contributed by atoms with Gasteiger partial charge in [-0.3, -0.25) is 4.79 Å². The number of likely N-dealkylation sites (tertiary alicyclic amines) is 1. The Labute approximate surface area is 147 Å². The van der Waals surface area contributed by atoms with E-state index in [9.17, 15) is 9.59 Å². The van der Waals surface area contributed by atoms with E-state index in [2.05, 4.69) is 4.90 Å². The topological polar surface area (TPSA) is 73.3 Å². The van der Waals surface area contributed by atoms with Gasteiger partial charge in [0.25, 0.3) is 0 Å². The second-order valence-corrected chi connectivity index (χ2v) is 6.57. The van der Waals surface area contributed by atoms with E-state index in [0.29, 0.717) is 32.7 Å². The number of hydrogen-bond donors (Lipinski definition) is 1. The minimum absolute atomic E-state index is 0.000825. The summed E-state index contributed by atoms with van der Waals surface area (Å²) in [5, 5.41) is 9.09. The van der Waals surface area contributed by atoms with Gasteiger partial charge in [-0.15, -0.1) is 0 Å². The molecular formula is C18H25N3O4. The number of amides is 2. The zero-order chi connectivity index (χ0) is 17.8. The zero-order valence-corrected chi connectivity index (χ0v) is 14.6. The average molecular weight is 347 g/mol. The van der Waals surface area contributed by atoms with Crippen LogP contribution in [0.25, 0.3) is 0 Å². The first-order valence-corrected chi connectivity index (χ1v) is 8.78. The summed E-state index contributed by atoms with van der Waals surface area (Å²) in [7, 11) is 0. The first kappa shape index (κ1) is 17.4. The molecule has 136 valence electrons. The number of anilines is 1. The quantitative estimate of drug-likeness (QED) is 0.904. The Kier molecular flexibility index (Phi) is 5.31. The van der Waals surface area contributed by atoms with Crippen molar-refractivity contribution in [3.8, 4) is 5.75 Å². The Morgan fingerprint density at radius 3 is 2.48 bits per heavy atom. The maximum absolute atomic E-state index is 11.6. The van der Waals surface area contributed by atoms with Gasteiger partial charge >= 0.3 is 6.09 Å². The van der Waals surface area contributed by atoms with E-state index in [1.165, 1.54) is 4.90 Å². The maximum Gasteiger partial charge on any atom is 0.407 e. The number of carboxylic acid groups (broad SMARTS) is 1. The van der Waals surface area contributed by atoms with Crippen molar-refractivity contribution < 1.29 is 19.4 Å². The fourth-order valence-corrected chi connectivity index (χ4v) is 3.46. The summed E-state index contributed by atoms with van der Waals surface area (Å²) in [6, 6.07) is 7.87. The normalized spacial score (nSPS) is 21.2. The van der Waals surface area contributed by atoms with Gasteiger partial charge in [0.15, 0.2) is 0 Å². The van der Waals surface area contributed by atoms with Crippen LogP contribution >= 0.6 is 0 Å². The Morgan fingerprint density at radius 2 is 1.80 bits per heavy atom. The minimum Gasteiger partial charge on any atom is -0.486 e. The summed E-state index contributed by atoms with van der Waals surface area (Å²) < 4.78 is 6.23. The molecule has 2 aliphatic rings. The highest BCUT2D eigenvalue weighted by Gasteiger charge is 2.26. The molecule has 3 rings (SSSR count). The third kappa shape index (κ3) is 4.15. The molecule has 1 aromatic rings. The lowest BCUT2D eigenvalue weighted by molar-refractivity contribution is -0.131. The lowest BCUT2D eigenvalue weighted by atomic mass is 10.1. The molecule has 0 aliphatic carbocycles. The molecule has 0 saturated carbocycles. The molecule has 0 aromatic heterocycles. The average Bonchev–Trinajstić information content (AvgIpc) is 2.62. The van der Waals surface area contributed by atoms with Gasteiger partial charge in [-0.2, -0.15) is 0 Å². The standard InChI is InChI=1S/C18H25N3O4/c1-14(22)21-8-4-5-15(13-21)25-17-7-3-2-6-16(17)19-9-11-20(12-10-19)18(23)24/h2-3,6-7,15H,4-5,8-13H2,1H3,(H,23,24). The van der Waals surface area contributed by atoms with Crippen LogP contribution in [-0.2, 0) is 4.79 Å². The van der Waals surface area contributed by atoms with Crippen LogP contribution in [0, 0.1) is 0 Å². The second kappa shape index (κ2) is 7.63. The monoisotopic (exact) mass is 347 g/mol. The van der Waals surface area contributed by atoms with E-state index in [4.69, 9.17) is 9.84 Å². The molecule has 2 fully saturated rings. The van der Waals surface area contributed by atoms with Crippen molar-refractivity contribution in [2.75, 3.05) is 44.2 Å². The van der Waals surface area contributed by atoms with Gasteiger partial charge in [-0.25, -0.2) is 4.79 Å². The number of rotatable bonds is 3. The van der Waals surface area contributed by atoms with Gasteiger partial charge in [-0.05, 0) is 25.0 Å². The van der Waals surface area contributed by atoms with Crippen molar-refractivity contribution in [2.24, 2.45) is 0 Å².